The van der Waals surface area contributed by atoms with Gasteiger partial charge < -0.3 is 9.47 Å². The Balaban J connectivity index is 1.56. The number of methoxy groups -OCH3 is 2. The summed E-state index contributed by atoms with van der Waals surface area (Å²) in [5.74, 6) is 0. The molecule has 2 aromatic carbocycles. The number of pyridine rings is 1. The molecular formula is C34H36N6O4S2. The lowest BCUT2D eigenvalue weighted by Crippen LogP contribution is -2.52. The van der Waals surface area contributed by atoms with Crippen LogP contribution in [0.3, 0.4) is 0 Å². The van der Waals surface area contributed by atoms with Gasteiger partial charge in [-0.25, -0.2) is 9.59 Å². The molecule has 0 fully saturated rings. The minimum atomic E-state index is -0.462. The summed E-state index contributed by atoms with van der Waals surface area (Å²) >= 11 is 2.77. The van der Waals surface area contributed by atoms with Crippen LogP contribution in [0.25, 0.3) is 0 Å². The number of carbonyl (C=O) groups excluding carboxylic acids is 2. The van der Waals surface area contributed by atoms with Crippen molar-refractivity contribution >= 4 is 44.9 Å². The molecule has 10 nitrogen and oxygen atoms in total. The summed E-state index contributed by atoms with van der Waals surface area (Å²) < 4.78 is 10.6. The van der Waals surface area contributed by atoms with Crippen molar-refractivity contribution in [3.05, 3.63) is 125 Å². The third-order valence-corrected chi connectivity index (χ3v) is 9.05. The second kappa shape index (κ2) is 16.6. The van der Waals surface area contributed by atoms with Crippen LogP contribution in [0, 0.1) is 0 Å². The van der Waals surface area contributed by atoms with E-state index in [1.807, 2.05) is 48.5 Å². The average molecular weight is 657 g/mol. The number of hydrogen-bond acceptors (Lipinski definition) is 10. The molecule has 0 bridgehead atoms. The van der Waals surface area contributed by atoms with Gasteiger partial charge in [0.15, 0.2) is 0 Å². The molecular weight excluding hydrogens is 621 g/mol. The van der Waals surface area contributed by atoms with Crippen LogP contribution in [0.2, 0.25) is 0 Å². The topological polar surface area (TPSA) is 101 Å². The molecule has 0 N–H and O–H groups in total. The van der Waals surface area contributed by atoms with Crippen molar-refractivity contribution in [3.63, 3.8) is 0 Å². The number of ether oxygens (including phenoxy) is 2. The second-order valence-electron chi connectivity index (χ2n) is 10.6. The average Bonchev–Trinajstić information content (AvgIpc) is 3.82. The molecule has 0 radical (unpaired) electrons. The lowest BCUT2D eigenvalue weighted by Gasteiger charge is -2.38. The summed E-state index contributed by atoms with van der Waals surface area (Å²) in [6.07, 6.45) is 7.13. The number of rotatable bonds is 14. The van der Waals surface area contributed by atoms with Crippen molar-refractivity contribution in [1.29, 1.82) is 0 Å². The number of hydrogen-bond donors (Lipinski definition) is 0. The number of aromatic nitrogens is 3. The predicted molar refractivity (Wildman–Crippen MR) is 181 cm³/mol. The van der Waals surface area contributed by atoms with Crippen molar-refractivity contribution in [2.75, 3.05) is 37.1 Å². The lowest BCUT2D eigenvalue weighted by molar-refractivity contribution is 0.165. The molecule has 0 aliphatic carbocycles. The van der Waals surface area contributed by atoms with Crippen LogP contribution < -0.4 is 9.80 Å². The number of nitrogens with zero attached hydrogens (tertiary/aromatic N) is 6. The van der Waals surface area contributed by atoms with Gasteiger partial charge in [0.25, 0.3) is 0 Å². The van der Waals surface area contributed by atoms with Gasteiger partial charge in [0.1, 0.15) is 10.0 Å². The van der Waals surface area contributed by atoms with E-state index in [1.165, 1.54) is 36.9 Å². The van der Waals surface area contributed by atoms with Crippen LogP contribution in [0.4, 0.5) is 19.6 Å². The molecule has 0 saturated carbocycles. The first kappa shape index (κ1) is 32.7. The molecule has 12 heteroatoms. The Morgan fingerprint density at radius 2 is 1.11 bits per heavy atom. The molecule has 46 heavy (non-hydrogen) atoms. The van der Waals surface area contributed by atoms with Gasteiger partial charge in [-0.3, -0.25) is 29.7 Å². The van der Waals surface area contributed by atoms with Crippen LogP contribution in [0.5, 0.6) is 0 Å². The van der Waals surface area contributed by atoms with Gasteiger partial charge in [0.2, 0.25) is 0 Å². The number of benzene rings is 2. The minimum absolute atomic E-state index is 0.329. The van der Waals surface area contributed by atoms with Crippen molar-refractivity contribution in [2.24, 2.45) is 0 Å². The molecule has 0 aliphatic heterocycles. The van der Waals surface area contributed by atoms with E-state index in [2.05, 4.69) is 44.1 Å². The highest BCUT2D eigenvalue weighted by atomic mass is 32.1. The Bertz CT molecular complexity index is 1510. The maximum atomic E-state index is 13.4. The van der Waals surface area contributed by atoms with E-state index >= 15 is 0 Å². The van der Waals surface area contributed by atoms with Gasteiger partial charge >= 0.3 is 12.2 Å². The maximum Gasteiger partial charge on any atom is 0.415 e. The fourth-order valence-corrected chi connectivity index (χ4v) is 6.86. The monoisotopic (exact) mass is 656 g/mol. The van der Waals surface area contributed by atoms with Gasteiger partial charge in [-0.2, -0.15) is 0 Å². The Kier molecular flexibility index (Phi) is 11.8. The Hall–Kier alpha value is -4.65. The molecule has 3 aromatic heterocycles. The van der Waals surface area contributed by atoms with E-state index in [0.29, 0.717) is 42.5 Å². The van der Waals surface area contributed by atoms with Crippen molar-refractivity contribution in [3.8, 4) is 0 Å². The molecule has 5 aromatic rings. The van der Waals surface area contributed by atoms with Gasteiger partial charge in [0.05, 0.1) is 49.7 Å². The lowest BCUT2D eigenvalue weighted by atomic mass is 10.0. The van der Waals surface area contributed by atoms with Crippen LogP contribution in [0.15, 0.2) is 109 Å². The molecule has 0 unspecified atom stereocenters. The normalized spacial score (nSPS) is 12.3. The first-order valence-corrected chi connectivity index (χ1v) is 16.5. The fourth-order valence-electron chi connectivity index (χ4n) is 5.48. The number of carbonyl (C=O) groups is 2. The largest absolute Gasteiger partial charge is 0.452 e. The highest BCUT2D eigenvalue weighted by Gasteiger charge is 2.33. The summed E-state index contributed by atoms with van der Waals surface area (Å²) in [6, 6.07) is 23.5. The zero-order chi connectivity index (χ0) is 32.1. The van der Waals surface area contributed by atoms with E-state index in [1.54, 1.807) is 45.6 Å². The van der Waals surface area contributed by atoms with Crippen molar-refractivity contribution < 1.29 is 19.1 Å². The fraction of sp³-hybridized carbons (Fsp3) is 0.265. The molecule has 2 amide bonds. The summed E-state index contributed by atoms with van der Waals surface area (Å²) in [5.41, 5.74) is 6.63. The van der Waals surface area contributed by atoms with E-state index in [-0.39, 0.29) is 12.1 Å². The third kappa shape index (κ3) is 8.75. The molecule has 0 aliphatic rings. The van der Waals surface area contributed by atoms with Crippen molar-refractivity contribution in [2.45, 2.75) is 31.5 Å². The minimum Gasteiger partial charge on any atom is -0.452 e. The smallest absolute Gasteiger partial charge is 0.415 e. The highest BCUT2D eigenvalue weighted by molar-refractivity contribution is 7.14. The van der Waals surface area contributed by atoms with Crippen LogP contribution >= 0.6 is 22.7 Å². The zero-order valence-corrected chi connectivity index (χ0v) is 27.3. The van der Waals surface area contributed by atoms with Gasteiger partial charge in [-0.1, -0.05) is 60.7 Å². The predicted octanol–water partition coefficient (Wildman–Crippen LogP) is 6.57. The van der Waals surface area contributed by atoms with E-state index in [9.17, 15) is 9.59 Å². The summed E-state index contributed by atoms with van der Waals surface area (Å²) in [4.78, 5) is 45.2. The quantitative estimate of drug-likeness (QED) is 0.132. The Morgan fingerprint density at radius 3 is 1.50 bits per heavy atom. The van der Waals surface area contributed by atoms with Crippen molar-refractivity contribution in [1.82, 2.24) is 19.9 Å². The first-order valence-electron chi connectivity index (χ1n) is 14.8. The third-order valence-electron chi connectivity index (χ3n) is 7.51. The Labute approximate surface area is 276 Å². The molecule has 0 saturated heterocycles. The molecule has 238 valence electrons. The van der Waals surface area contributed by atoms with E-state index < -0.39 is 12.2 Å². The van der Waals surface area contributed by atoms with Crippen LogP contribution in [0.1, 0.15) is 16.7 Å². The summed E-state index contributed by atoms with van der Waals surface area (Å²) in [6.45, 7) is 1.48. The van der Waals surface area contributed by atoms with Gasteiger partial charge in [0, 0.05) is 32.0 Å². The maximum absolute atomic E-state index is 13.4. The van der Waals surface area contributed by atoms with E-state index in [0.717, 1.165) is 16.7 Å². The van der Waals surface area contributed by atoms with Gasteiger partial charge in [-0.05, 0) is 41.7 Å². The SMILES string of the molecule is COC(=O)N(c1cncs1)[C@@H](Cc1ccccc1)CN(Cc1ccncc1)C[C@H](Cc1ccccc1)N(C(=O)OC)c1cncs1. The summed E-state index contributed by atoms with van der Waals surface area (Å²) in [7, 11) is 2.79. The molecule has 0 spiro atoms. The van der Waals surface area contributed by atoms with Gasteiger partial charge in [-0.15, -0.1) is 22.7 Å². The highest BCUT2D eigenvalue weighted by Crippen LogP contribution is 2.28. The molecule has 2 atom stereocenters. The summed E-state index contributed by atoms with van der Waals surface area (Å²) in [5, 5.41) is 1.39. The number of amides is 2. The van der Waals surface area contributed by atoms with E-state index in [4.69, 9.17) is 9.47 Å². The number of thiazole rings is 2. The second-order valence-corrected chi connectivity index (χ2v) is 12.3. The van der Waals surface area contributed by atoms with Crippen LogP contribution in [-0.2, 0) is 28.9 Å². The molecule has 3 heterocycles. The zero-order valence-electron chi connectivity index (χ0n) is 25.7. The van der Waals surface area contributed by atoms with Crippen LogP contribution in [-0.4, -0.2) is 71.4 Å². The Morgan fingerprint density at radius 1 is 0.652 bits per heavy atom. The number of anilines is 2. The standard InChI is InChI=1S/C34H36N6O4S2/c1-43-33(41)39(31-19-36-24-45-31)29(17-26-9-5-3-6-10-26)22-38(21-28-13-15-35-16-14-28)23-30(18-27-11-7-4-8-12-27)40(34(42)44-2)32-20-37-25-46-32/h3-16,19-20,24-25,29-30H,17-18,21-23H2,1-2H3/t29-,30-/m0/s1. The first-order chi connectivity index (χ1) is 22.6. The molecule has 5 rings (SSSR count).